The predicted octanol–water partition coefficient (Wildman–Crippen LogP) is 6.34. The molecule has 0 radical (unpaired) electrons. The van der Waals surface area contributed by atoms with Gasteiger partial charge in [-0.25, -0.2) is 0 Å². The van der Waals surface area contributed by atoms with Crippen LogP contribution in [0.1, 0.15) is 81.8 Å². The molecule has 0 bridgehead atoms. The van der Waals surface area contributed by atoms with Crippen LogP contribution in [-0.2, 0) is 10.1 Å². The quantitative estimate of drug-likeness (QED) is 0.314. The largest absolute Gasteiger partial charge is 0.497 e. The van der Waals surface area contributed by atoms with Gasteiger partial charge in [0.2, 0.25) is 5.88 Å². The van der Waals surface area contributed by atoms with Crippen molar-refractivity contribution in [3.05, 3.63) is 74.3 Å². The Morgan fingerprint density at radius 3 is 1.97 bits per heavy atom. The number of aromatic nitrogens is 2. The minimum atomic E-state index is -4.29. The Morgan fingerprint density at radius 2 is 1.50 bits per heavy atom. The lowest BCUT2D eigenvalue weighted by Gasteiger charge is -2.22. The summed E-state index contributed by atoms with van der Waals surface area (Å²) in [5, 5.41) is 0.317. The van der Waals surface area contributed by atoms with Crippen molar-refractivity contribution in [2.75, 3.05) is 7.11 Å². The molecule has 0 amide bonds. The lowest BCUT2D eigenvalue weighted by molar-refractivity contribution is 0.414. The molecular weight excluding hydrogens is 500 g/mol. The van der Waals surface area contributed by atoms with Gasteiger partial charge in [-0.15, -0.1) is 0 Å². The van der Waals surface area contributed by atoms with Crippen molar-refractivity contribution in [2.45, 2.75) is 71.1 Å². The molecule has 194 valence electrons. The first-order chi connectivity index (χ1) is 16.8. The number of aryl methyl sites for hydroxylation is 1. The molecular formula is C27H33ClN2O5S. The van der Waals surface area contributed by atoms with E-state index in [2.05, 4.69) is 18.8 Å². The Hall–Kier alpha value is -2.84. The third-order valence-electron chi connectivity index (χ3n) is 5.98. The highest BCUT2D eigenvalue weighted by Gasteiger charge is 2.29. The molecule has 0 aliphatic carbocycles. The van der Waals surface area contributed by atoms with Crippen LogP contribution in [0.25, 0.3) is 5.69 Å². The summed E-state index contributed by atoms with van der Waals surface area (Å²) in [4.78, 5) is 17.5. The molecule has 9 heteroatoms. The molecule has 36 heavy (non-hydrogen) atoms. The van der Waals surface area contributed by atoms with Crippen LogP contribution in [0.3, 0.4) is 0 Å². The molecule has 0 atom stereocenters. The van der Waals surface area contributed by atoms with Gasteiger partial charge in [0.05, 0.1) is 23.9 Å². The van der Waals surface area contributed by atoms with Crippen LogP contribution in [0.15, 0.2) is 46.1 Å². The summed E-state index contributed by atoms with van der Waals surface area (Å²) in [6, 6.07) is 9.80. The molecule has 0 N–H and O–H groups in total. The zero-order valence-electron chi connectivity index (χ0n) is 21.9. The lowest BCUT2D eigenvalue weighted by atomic mass is 9.89. The monoisotopic (exact) mass is 532 g/mol. The summed E-state index contributed by atoms with van der Waals surface area (Å²) in [6.45, 7) is 13.5. The van der Waals surface area contributed by atoms with Crippen LogP contribution in [0.5, 0.6) is 11.6 Å². The molecule has 0 fully saturated rings. The Bertz CT molecular complexity index is 1410. The summed E-state index contributed by atoms with van der Waals surface area (Å²) in [7, 11) is -2.79. The number of halogens is 1. The van der Waals surface area contributed by atoms with Crippen molar-refractivity contribution < 1.29 is 17.3 Å². The summed E-state index contributed by atoms with van der Waals surface area (Å²) >= 11 is 6.32. The second-order valence-electron chi connectivity index (χ2n) is 9.66. The minimum absolute atomic E-state index is 0.0625. The normalized spacial score (nSPS) is 12.0. The van der Waals surface area contributed by atoms with Crippen molar-refractivity contribution in [3.63, 3.8) is 0 Å². The number of hydrogen-bond acceptors (Lipinski definition) is 6. The highest BCUT2D eigenvalue weighted by atomic mass is 35.5. The van der Waals surface area contributed by atoms with Crippen molar-refractivity contribution >= 4 is 21.7 Å². The van der Waals surface area contributed by atoms with E-state index in [1.807, 2.05) is 39.8 Å². The topological polar surface area (TPSA) is 87.5 Å². The van der Waals surface area contributed by atoms with Gasteiger partial charge in [-0.3, -0.25) is 9.36 Å². The van der Waals surface area contributed by atoms with Gasteiger partial charge < -0.3 is 8.92 Å². The standard InChI is InChI=1S/C27H33ClN2O5S/c1-15(2)19-11-21(16(3)4)27(22(12-19)17(5)6)36(32,33)35-25-14-26(31)30(18(7)29-25)24-13-20(34-8)9-10-23(24)28/h9-17H,1-8H3. The van der Waals surface area contributed by atoms with Crippen LogP contribution in [0, 0.1) is 6.92 Å². The molecule has 0 spiro atoms. The van der Waals surface area contributed by atoms with Crippen LogP contribution >= 0.6 is 11.6 Å². The maximum Gasteiger partial charge on any atom is 0.341 e. The van der Waals surface area contributed by atoms with Gasteiger partial charge in [-0.2, -0.15) is 13.4 Å². The average molecular weight is 533 g/mol. The summed E-state index contributed by atoms with van der Waals surface area (Å²) < 4.78 is 39.3. The summed E-state index contributed by atoms with van der Waals surface area (Å²) in [5.41, 5.74) is 2.25. The molecule has 0 saturated carbocycles. The Balaban J connectivity index is 2.14. The van der Waals surface area contributed by atoms with Gasteiger partial charge in [-0.1, -0.05) is 65.3 Å². The molecule has 2 aromatic carbocycles. The van der Waals surface area contributed by atoms with E-state index >= 15 is 0 Å². The fourth-order valence-corrected chi connectivity index (χ4v) is 5.79. The van der Waals surface area contributed by atoms with Crippen molar-refractivity contribution in [3.8, 4) is 17.3 Å². The maximum atomic E-state index is 13.6. The van der Waals surface area contributed by atoms with E-state index in [4.69, 9.17) is 20.5 Å². The van der Waals surface area contributed by atoms with Crippen LogP contribution in [0.2, 0.25) is 5.02 Å². The molecule has 0 aliphatic rings. The number of ether oxygens (including phenoxy) is 1. The number of nitrogens with zero attached hydrogens (tertiary/aromatic N) is 2. The first-order valence-corrected chi connectivity index (χ1v) is 13.6. The first kappa shape index (κ1) is 27.7. The smallest absolute Gasteiger partial charge is 0.341 e. The molecule has 3 rings (SSSR count). The molecule has 0 unspecified atom stereocenters. The number of hydrogen-bond donors (Lipinski definition) is 0. The van der Waals surface area contributed by atoms with Gasteiger partial charge in [0.25, 0.3) is 5.56 Å². The van der Waals surface area contributed by atoms with E-state index < -0.39 is 15.7 Å². The zero-order chi connectivity index (χ0) is 26.9. The minimum Gasteiger partial charge on any atom is -0.497 e. The molecule has 3 aromatic rings. The van der Waals surface area contributed by atoms with E-state index in [1.54, 1.807) is 25.1 Å². The second kappa shape index (κ2) is 10.6. The zero-order valence-corrected chi connectivity index (χ0v) is 23.5. The van der Waals surface area contributed by atoms with E-state index in [1.165, 1.54) is 11.7 Å². The van der Waals surface area contributed by atoms with E-state index in [-0.39, 0.29) is 34.4 Å². The Kier molecular flexibility index (Phi) is 8.20. The van der Waals surface area contributed by atoms with E-state index in [0.717, 1.165) is 11.6 Å². The third-order valence-corrected chi connectivity index (χ3v) is 7.66. The highest BCUT2D eigenvalue weighted by molar-refractivity contribution is 7.87. The van der Waals surface area contributed by atoms with E-state index in [0.29, 0.717) is 27.6 Å². The van der Waals surface area contributed by atoms with Gasteiger partial charge >= 0.3 is 10.1 Å². The molecule has 1 aromatic heterocycles. The fourth-order valence-electron chi connectivity index (χ4n) is 4.03. The van der Waals surface area contributed by atoms with Gasteiger partial charge in [-0.05, 0) is 53.5 Å². The van der Waals surface area contributed by atoms with Crippen LogP contribution < -0.4 is 14.5 Å². The molecule has 0 saturated heterocycles. The summed E-state index contributed by atoms with van der Waals surface area (Å²) in [6.07, 6.45) is 0. The Morgan fingerprint density at radius 1 is 0.917 bits per heavy atom. The van der Waals surface area contributed by atoms with Gasteiger partial charge in [0.15, 0.2) is 0 Å². The van der Waals surface area contributed by atoms with Crippen molar-refractivity contribution in [2.24, 2.45) is 0 Å². The number of benzene rings is 2. The summed E-state index contributed by atoms with van der Waals surface area (Å²) in [5.74, 6) is 0.533. The Labute approximate surface area is 218 Å². The molecule has 0 aliphatic heterocycles. The number of methoxy groups -OCH3 is 1. The third kappa shape index (κ3) is 5.60. The van der Waals surface area contributed by atoms with Gasteiger partial charge in [0.1, 0.15) is 16.5 Å². The van der Waals surface area contributed by atoms with Gasteiger partial charge in [0, 0.05) is 6.07 Å². The number of rotatable bonds is 8. The lowest BCUT2D eigenvalue weighted by Crippen LogP contribution is -2.24. The maximum absolute atomic E-state index is 13.6. The van der Waals surface area contributed by atoms with E-state index in [9.17, 15) is 13.2 Å². The first-order valence-electron chi connectivity index (χ1n) is 11.8. The molecule has 7 nitrogen and oxygen atoms in total. The second-order valence-corrected chi connectivity index (χ2v) is 11.6. The van der Waals surface area contributed by atoms with Crippen LogP contribution in [-0.4, -0.2) is 25.1 Å². The van der Waals surface area contributed by atoms with Crippen molar-refractivity contribution in [1.29, 1.82) is 0 Å². The van der Waals surface area contributed by atoms with Crippen LogP contribution in [0.4, 0.5) is 0 Å². The molecule has 1 heterocycles. The highest BCUT2D eigenvalue weighted by Crippen LogP contribution is 2.36. The predicted molar refractivity (Wildman–Crippen MR) is 143 cm³/mol. The average Bonchev–Trinajstić information content (AvgIpc) is 2.78. The fraction of sp³-hybridized carbons (Fsp3) is 0.407. The SMILES string of the molecule is COc1ccc(Cl)c(-n2c(C)nc(OS(=O)(=O)c3c(C(C)C)cc(C(C)C)cc3C(C)C)cc2=O)c1. The van der Waals surface area contributed by atoms with Crippen molar-refractivity contribution in [1.82, 2.24) is 9.55 Å².